The second-order valence-corrected chi connectivity index (χ2v) is 7.27. The Labute approximate surface area is 187 Å². The van der Waals surface area contributed by atoms with E-state index >= 15 is 0 Å². The number of nitrogens with zero attached hydrogens (tertiary/aromatic N) is 2. The third-order valence-electron chi connectivity index (χ3n) is 4.79. The number of aryl methyl sites for hydroxylation is 2. The van der Waals surface area contributed by atoms with Crippen LogP contribution in [-0.2, 0) is 11.3 Å². The van der Waals surface area contributed by atoms with Crippen LogP contribution in [0.1, 0.15) is 29.5 Å². The van der Waals surface area contributed by atoms with Crippen LogP contribution in [-0.4, -0.2) is 24.8 Å². The highest BCUT2D eigenvalue weighted by Gasteiger charge is 2.19. The van der Waals surface area contributed by atoms with E-state index in [1.807, 2.05) is 51.1 Å². The van der Waals surface area contributed by atoms with Crippen LogP contribution in [0.25, 0.3) is 6.08 Å². The number of carbonyl (C=O) groups excluding carboxylic acids is 1. The van der Waals surface area contributed by atoms with Gasteiger partial charge in [-0.1, -0.05) is 35.0 Å². The van der Waals surface area contributed by atoms with E-state index in [1.54, 1.807) is 23.1 Å². The molecule has 162 valence electrons. The normalized spacial score (nSPS) is 11.0. The Balaban J connectivity index is 1.91. The van der Waals surface area contributed by atoms with Crippen molar-refractivity contribution < 1.29 is 18.8 Å². The second kappa shape index (κ2) is 10.2. The topological polar surface area (TPSA) is 64.8 Å². The molecule has 0 aliphatic rings. The summed E-state index contributed by atoms with van der Waals surface area (Å²) < 4.78 is 16.2. The van der Waals surface area contributed by atoms with Gasteiger partial charge in [0.05, 0.1) is 31.0 Å². The van der Waals surface area contributed by atoms with Crippen LogP contribution in [0.2, 0.25) is 5.02 Å². The molecule has 0 fully saturated rings. The smallest absolute Gasteiger partial charge is 0.251 e. The lowest BCUT2D eigenvalue weighted by Gasteiger charge is -2.21. The van der Waals surface area contributed by atoms with Gasteiger partial charge in [-0.2, -0.15) is 0 Å². The largest absolute Gasteiger partial charge is 0.491 e. The zero-order valence-corrected chi connectivity index (χ0v) is 18.8. The molecule has 0 bridgehead atoms. The van der Waals surface area contributed by atoms with Gasteiger partial charge in [0.25, 0.3) is 5.91 Å². The zero-order chi connectivity index (χ0) is 22.4. The molecule has 0 aliphatic heterocycles. The number of halogens is 1. The highest BCUT2D eigenvalue weighted by Crippen LogP contribution is 2.36. The molecule has 0 unspecified atom stereocenters. The summed E-state index contributed by atoms with van der Waals surface area (Å²) in [4.78, 5) is 14.9. The Morgan fingerprint density at radius 3 is 2.58 bits per heavy atom. The van der Waals surface area contributed by atoms with E-state index in [0.29, 0.717) is 35.4 Å². The number of rotatable bonds is 8. The number of carbonyl (C=O) groups is 1. The number of methoxy groups -OCH3 is 1. The van der Waals surface area contributed by atoms with Crippen molar-refractivity contribution in [2.24, 2.45) is 0 Å². The Bertz CT molecular complexity index is 1060. The number of aromatic nitrogens is 1. The van der Waals surface area contributed by atoms with Gasteiger partial charge in [0, 0.05) is 17.3 Å². The van der Waals surface area contributed by atoms with E-state index in [-0.39, 0.29) is 5.91 Å². The fourth-order valence-corrected chi connectivity index (χ4v) is 3.49. The first-order valence-electron chi connectivity index (χ1n) is 9.91. The average molecular weight is 441 g/mol. The first-order chi connectivity index (χ1) is 14.9. The van der Waals surface area contributed by atoms with Crippen molar-refractivity contribution in [3.63, 3.8) is 0 Å². The number of hydrogen-bond acceptors (Lipinski definition) is 5. The Kier molecular flexibility index (Phi) is 7.36. The van der Waals surface area contributed by atoms with Crippen LogP contribution in [0, 0.1) is 13.8 Å². The standard InChI is InChI=1S/C24H25ClN2O4/c1-5-30-22-14-18(13-21(25)24(22)29-4)11-12-23(28)27(19-9-7-6-8-10-19)15-20-16(2)26-31-17(20)3/h6-14H,5,15H2,1-4H3/b12-11+. The van der Waals surface area contributed by atoms with Gasteiger partial charge in [0.1, 0.15) is 5.76 Å². The molecule has 0 saturated carbocycles. The van der Waals surface area contributed by atoms with E-state index in [9.17, 15) is 4.79 Å². The van der Waals surface area contributed by atoms with Gasteiger partial charge in [-0.15, -0.1) is 0 Å². The first-order valence-corrected chi connectivity index (χ1v) is 10.3. The summed E-state index contributed by atoms with van der Waals surface area (Å²) in [6, 6.07) is 13.0. The Morgan fingerprint density at radius 2 is 1.97 bits per heavy atom. The number of anilines is 1. The third-order valence-corrected chi connectivity index (χ3v) is 5.07. The van der Waals surface area contributed by atoms with E-state index in [2.05, 4.69) is 5.16 Å². The van der Waals surface area contributed by atoms with Crippen LogP contribution in [0.15, 0.2) is 53.1 Å². The minimum atomic E-state index is -0.184. The number of ether oxygens (including phenoxy) is 2. The van der Waals surface area contributed by atoms with Crippen molar-refractivity contribution in [2.75, 3.05) is 18.6 Å². The van der Waals surface area contributed by atoms with Gasteiger partial charge in [0.15, 0.2) is 11.5 Å². The summed E-state index contributed by atoms with van der Waals surface area (Å²) in [5.41, 5.74) is 3.16. The molecular weight excluding hydrogens is 416 g/mol. The molecule has 31 heavy (non-hydrogen) atoms. The van der Waals surface area contributed by atoms with E-state index < -0.39 is 0 Å². The van der Waals surface area contributed by atoms with Gasteiger partial charge in [0.2, 0.25) is 0 Å². The maximum absolute atomic E-state index is 13.2. The van der Waals surface area contributed by atoms with Gasteiger partial charge in [-0.25, -0.2) is 0 Å². The lowest BCUT2D eigenvalue weighted by Crippen LogP contribution is -2.29. The van der Waals surface area contributed by atoms with Crippen LogP contribution < -0.4 is 14.4 Å². The Hall–Kier alpha value is -3.25. The lowest BCUT2D eigenvalue weighted by molar-refractivity contribution is -0.114. The predicted molar refractivity (Wildman–Crippen MR) is 122 cm³/mol. The number of benzene rings is 2. The molecule has 3 rings (SSSR count). The number of para-hydroxylation sites is 1. The van der Waals surface area contributed by atoms with Gasteiger partial charge < -0.3 is 18.9 Å². The van der Waals surface area contributed by atoms with Crippen LogP contribution in [0.5, 0.6) is 11.5 Å². The summed E-state index contributed by atoms with van der Waals surface area (Å²) in [7, 11) is 1.54. The van der Waals surface area contributed by atoms with Crippen molar-refractivity contribution in [1.82, 2.24) is 5.16 Å². The molecule has 0 saturated heterocycles. The first kappa shape index (κ1) is 22.4. The maximum Gasteiger partial charge on any atom is 0.251 e. The highest BCUT2D eigenvalue weighted by molar-refractivity contribution is 6.32. The molecule has 6 nitrogen and oxygen atoms in total. The average Bonchev–Trinajstić information content (AvgIpc) is 3.08. The van der Waals surface area contributed by atoms with Crippen molar-refractivity contribution >= 4 is 29.3 Å². The predicted octanol–water partition coefficient (Wildman–Crippen LogP) is 5.60. The van der Waals surface area contributed by atoms with E-state index in [1.165, 1.54) is 13.2 Å². The Morgan fingerprint density at radius 1 is 1.23 bits per heavy atom. The minimum absolute atomic E-state index is 0.184. The molecule has 0 aliphatic carbocycles. The monoisotopic (exact) mass is 440 g/mol. The molecule has 1 amide bonds. The van der Waals surface area contributed by atoms with Crippen molar-refractivity contribution in [3.05, 3.63) is 76.1 Å². The molecule has 0 radical (unpaired) electrons. The van der Waals surface area contributed by atoms with E-state index in [0.717, 1.165) is 22.5 Å². The molecule has 7 heteroatoms. The summed E-state index contributed by atoms with van der Waals surface area (Å²) in [5, 5.41) is 4.41. The molecular formula is C24H25ClN2O4. The lowest BCUT2D eigenvalue weighted by atomic mass is 10.1. The summed E-state index contributed by atoms with van der Waals surface area (Å²) >= 11 is 6.32. The number of hydrogen-bond donors (Lipinski definition) is 0. The fraction of sp³-hybridized carbons (Fsp3) is 0.250. The summed E-state index contributed by atoms with van der Waals surface area (Å²) in [5.74, 6) is 1.51. The van der Waals surface area contributed by atoms with Gasteiger partial charge >= 0.3 is 0 Å². The minimum Gasteiger partial charge on any atom is -0.491 e. The third kappa shape index (κ3) is 5.27. The second-order valence-electron chi connectivity index (χ2n) is 6.86. The van der Waals surface area contributed by atoms with Crippen LogP contribution in [0.3, 0.4) is 0 Å². The molecule has 1 heterocycles. The van der Waals surface area contributed by atoms with Crippen LogP contribution in [0.4, 0.5) is 5.69 Å². The van der Waals surface area contributed by atoms with Crippen molar-refractivity contribution in [3.8, 4) is 11.5 Å². The highest BCUT2D eigenvalue weighted by atomic mass is 35.5. The molecule has 0 spiro atoms. The van der Waals surface area contributed by atoms with Crippen molar-refractivity contribution in [1.29, 1.82) is 0 Å². The quantitative estimate of drug-likeness (QED) is 0.426. The summed E-state index contributed by atoms with van der Waals surface area (Å²) in [6.45, 7) is 6.41. The molecule has 3 aromatic rings. The SMILES string of the molecule is CCOc1cc(/C=C/C(=O)N(Cc2c(C)noc2C)c2ccccc2)cc(Cl)c1OC. The van der Waals surface area contributed by atoms with Gasteiger partial charge in [-0.3, -0.25) is 4.79 Å². The summed E-state index contributed by atoms with van der Waals surface area (Å²) in [6.07, 6.45) is 3.22. The molecule has 2 aromatic carbocycles. The molecule has 0 atom stereocenters. The van der Waals surface area contributed by atoms with E-state index in [4.69, 9.17) is 25.6 Å². The van der Waals surface area contributed by atoms with Gasteiger partial charge in [-0.05, 0) is 56.7 Å². The fourth-order valence-electron chi connectivity index (χ4n) is 3.19. The van der Waals surface area contributed by atoms with Crippen molar-refractivity contribution in [2.45, 2.75) is 27.3 Å². The van der Waals surface area contributed by atoms with Crippen LogP contribution >= 0.6 is 11.6 Å². The maximum atomic E-state index is 13.2. The molecule has 1 aromatic heterocycles. The zero-order valence-electron chi connectivity index (χ0n) is 18.0. The molecule has 0 N–H and O–H groups in total. The number of amides is 1.